The van der Waals surface area contributed by atoms with Crippen LogP contribution in [0.5, 0.6) is 0 Å². The quantitative estimate of drug-likeness (QED) is 0.867. The van der Waals surface area contributed by atoms with Crippen LogP contribution >= 0.6 is 0 Å². The molecule has 2 aromatic rings. The van der Waals surface area contributed by atoms with Crippen molar-refractivity contribution in [3.8, 4) is 0 Å². The molecule has 0 saturated carbocycles. The van der Waals surface area contributed by atoms with Crippen LogP contribution in [0.4, 0.5) is 4.39 Å². The molecule has 5 heteroatoms. The Hall–Kier alpha value is -1.75. The number of nitrogens with zero attached hydrogens (tertiary/aromatic N) is 3. The fourth-order valence-electron chi connectivity index (χ4n) is 2.97. The van der Waals surface area contributed by atoms with Gasteiger partial charge in [-0.05, 0) is 37.0 Å². The van der Waals surface area contributed by atoms with Gasteiger partial charge in [-0.2, -0.15) is 4.98 Å². The van der Waals surface area contributed by atoms with E-state index < -0.39 is 0 Å². The van der Waals surface area contributed by atoms with Crippen LogP contribution in [0.25, 0.3) is 0 Å². The van der Waals surface area contributed by atoms with E-state index in [4.69, 9.17) is 4.52 Å². The predicted molar refractivity (Wildman–Crippen MR) is 77.3 cm³/mol. The summed E-state index contributed by atoms with van der Waals surface area (Å²) in [6.45, 7) is 5.87. The minimum Gasteiger partial charge on any atom is -0.339 e. The fourth-order valence-corrected chi connectivity index (χ4v) is 2.97. The Morgan fingerprint density at radius 1 is 1.33 bits per heavy atom. The highest BCUT2D eigenvalue weighted by Crippen LogP contribution is 2.32. The van der Waals surface area contributed by atoms with Crippen LogP contribution < -0.4 is 0 Å². The molecular weight excluding hydrogens is 269 g/mol. The molecule has 0 bridgehead atoms. The molecule has 0 spiro atoms. The lowest BCUT2D eigenvalue weighted by atomic mass is 9.97. The molecule has 2 atom stereocenters. The van der Waals surface area contributed by atoms with Crippen LogP contribution in [0, 0.1) is 5.82 Å². The molecule has 1 aliphatic rings. The van der Waals surface area contributed by atoms with E-state index in [1.165, 1.54) is 17.7 Å². The standard InChI is InChI=1S/C16H20FN3O/c1-3-16-18-15(19-21-16)10-20-9-13(8-11(20)2)12-4-6-14(17)7-5-12/h4-7,11,13H,3,8-10H2,1-2H3/t11-,13-/m0/s1. The molecule has 2 heterocycles. The molecular formula is C16H20FN3O. The van der Waals surface area contributed by atoms with E-state index in [9.17, 15) is 4.39 Å². The third-order valence-electron chi connectivity index (χ3n) is 4.20. The number of hydrogen-bond donors (Lipinski definition) is 0. The number of aromatic nitrogens is 2. The van der Waals surface area contributed by atoms with Crippen molar-refractivity contribution in [2.24, 2.45) is 0 Å². The van der Waals surface area contributed by atoms with Crippen molar-refractivity contribution in [3.63, 3.8) is 0 Å². The lowest BCUT2D eigenvalue weighted by molar-refractivity contribution is 0.247. The average Bonchev–Trinajstić information content (AvgIpc) is 3.08. The summed E-state index contributed by atoms with van der Waals surface area (Å²) in [4.78, 5) is 6.73. The Kier molecular flexibility index (Phi) is 4.01. The van der Waals surface area contributed by atoms with Crippen molar-refractivity contribution >= 4 is 0 Å². The van der Waals surface area contributed by atoms with Gasteiger partial charge in [0, 0.05) is 19.0 Å². The summed E-state index contributed by atoms with van der Waals surface area (Å²) in [5.41, 5.74) is 1.20. The summed E-state index contributed by atoms with van der Waals surface area (Å²) in [5.74, 6) is 1.70. The summed E-state index contributed by atoms with van der Waals surface area (Å²) < 4.78 is 18.2. The van der Waals surface area contributed by atoms with E-state index in [1.807, 2.05) is 19.1 Å². The van der Waals surface area contributed by atoms with Gasteiger partial charge in [0.15, 0.2) is 5.82 Å². The largest absolute Gasteiger partial charge is 0.339 e. The molecule has 0 radical (unpaired) electrons. The summed E-state index contributed by atoms with van der Waals surface area (Å²) in [7, 11) is 0. The second kappa shape index (κ2) is 5.93. The maximum absolute atomic E-state index is 13.0. The molecule has 1 saturated heterocycles. The van der Waals surface area contributed by atoms with E-state index in [2.05, 4.69) is 22.0 Å². The molecule has 0 N–H and O–H groups in total. The number of halogens is 1. The number of hydrogen-bond acceptors (Lipinski definition) is 4. The molecule has 0 unspecified atom stereocenters. The molecule has 1 aliphatic heterocycles. The highest BCUT2D eigenvalue weighted by atomic mass is 19.1. The van der Waals surface area contributed by atoms with Crippen molar-refractivity contribution in [1.29, 1.82) is 0 Å². The molecule has 0 amide bonds. The normalized spacial score (nSPS) is 22.8. The Bertz CT molecular complexity index is 596. The maximum Gasteiger partial charge on any atom is 0.226 e. The van der Waals surface area contributed by atoms with Gasteiger partial charge in [0.05, 0.1) is 6.54 Å². The van der Waals surface area contributed by atoms with Gasteiger partial charge in [0.1, 0.15) is 5.82 Å². The monoisotopic (exact) mass is 289 g/mol. The highest BCUT2D eigenvalue weighted by molar-refractivity contribution is 5.22. The van der Waals surface area contributed by atoms with Gasteiger partial charge >= 0.3 is 0 Å². The van der Waals surface area contributed by atoms with Gasteiger partial charge in [-0.3, -0.25) is 4.90 Å². The zero-order valence-corrected chi connectivity index (χ0v) is 12.4. The van der Waals surface area contributed by atoms with Gasteiger partial charge < -0.3 is 4.52 Å². The number of aryl methyl sites for hydroxylation is 1. The molecule has 112 valence electrons. The molecule has 1 fully saturated rings. The van der Waals surface area contributed by atoms with Crippen molar-refractivity contribution in [3.05, 3.63) is 47.4 Å². The summed E-state index contributed by atoms with van der Waals surface area (Å²) in [6.07, 6.45) is 1.84. The Labute approximate surface area is 124 Å². The first-order valence-corrected chi connectivity index (χ1v) is 7.46. The smallest absolute Gasteiger partial charge is 0.226 e. The SMILES string of the molecule is CCc1nc(CN2C[C@@H](c3ccc(F)cc3)C[C@@H]2C)no1. The van der Waals surface area contributed by atoms with Crippen LogP contribution in [-0.2, 0) is 13.0 Å². The van der Waals surface area contributed by atoms with Gasteiger partial charge in [-0.25, -0.2) is 4.39 Å². The topological polar surface area (TPSA) is 42.2 Å². The lowest BCUT2D eigenvalue weighted by Crippen LogP contribution is -2.27. The summed E-state index contributed by atoms with van der Waals surface area (Å²) >= 11 is 0. The number of rotatable bonds is 4. The molecule has 1 aromatic carbocycles. The van der Waals surface area contributed by atoms with Gasteiger partial charge in [-0.1, -0.05) is 24.2 Å². The second-order valence-corrected chi connectivity index (χ2v) is 5.72. The number of likely N-dealkylation sites (tertiary alicyclic amines) is 1. The minimum absolute atomic E-state index is 0.180. The van der Waals surface area contributed by atoms with Crippen LogP contribution in [0.1, 0.15) is 43.5 Å². The summed E-state index contributed by atoms with van der Waals surface area (Å²) in [6, 6.07) is 7.31. The minimum atomic E-state index is -0.180. The Morgan fingerprint density at radius 2 is 2.10 bits per heavy atom. The number of benzene rings is 1. The first kappa shape index (κ1) is 14.2. The van der Waals surface area contributed by atoms with E-state index >= 15 is 0 Å². The van der Waals surface area contributed by atoms with Crippen LogP contribution in [-0.4, -0.2) is 27.6 Å². The van der Waals surface area contributed by atoms with E-state index in [1.54, 1.807) is 0 Å². The second-order valence-electron chi connectivity index (χ2n) is 5.72. The van der Waals surface area contributed by atoms with Crippen LogP contribution in [0.2, 0.25) is 0 Å². The average molecular weight is 289 g/mol. The van der Waals surface area contributed by atoms with Crippen molar-refractivity contribution in [2.75, 3.05) is 6.54 Å². The summed E-state index contributed by atoms with van der Waals surface area (Å²) in [5, 5.41) is 4.02. The van der Waals surface area contributed by atoms with Crippen LogP contribution in [0.15, 0.2) is 28.8 Å². The van der Waals surface area contributed by atoms with Gasteiger partial charge in [-0.15, -0.1) is 0 Å². The lowest BCUT2D eigenvalue weighted by Gasteiger charge is -2.18. The zero-order chi connectivity index (χ0) is 14.8. The van der Waals surface area contributed by atoms with Crippen molar-refractivity contribution in [1.82, 2.24) is 15.0 Å². The molecule has 0 aliphatic carbocycles. The van der Waals surface area contributed by atoms with Gasteiger partial charge in [0.25, 0.3) is 0 Å². The van der Waals surface area contributed by atoms with Crippen molar-refractivity contribution < 1.29 is 8.91 Å². The molecule has 21 heavy (non-hydrogen) atoms. The maximum atomic E-state index is 13.0. The Morgan fingerprint density at radius 3 is 2.76 bits per heavy atom. The van der Waals surface area contributed by atoms with E-state index in [-0.39, 0.29) is 5.82 Å². The zero-order valence-electron chi connectivity index (χ0n) is 12.4. The third kappa shape index (κ3) is 3.13. The van der Waals surface area contributed by atoms with Gasteiger partial charge in [0.2, 0.25) is 5.89 Å². The van der Waals surface area contributed by atoms with Crippen LogP contribution in [0.3, 0.4) is 0 Å². The predicted octanol–water partition coefficient (Wildman–Crippen LogP) is 3.15. The third-order valence-corrected chi connectivity index (χ3v) is 4.20. The fraction of sp³-hybridized carbons (Fsp3) is 0.500. The highest BCUT2D eigenvalue weighted by Gasteiger charge is 2.30. The van der Waals surface area contributed by atoms with Crippen molar-refractivity contribution in [2.45, 2.75) is 45.2 Å². The Balaban J connectivity index is 1.66. The van der Waals surface area contributed by atoms with E-state index in [0.29, 0.717) is 24.4 Å². The first-order valence-electron chi connectivity index (χ1n) is 7.46. The van der Waals surface area contributed by atoms with E-state index in [0.717, 1.165) is 25.2 Å². The molecule has 3 rings (SSSR count). The first-order chi connectivity index (χ1) is 10.2. The molecule has 1 aromatic heterocycles. The molecule has 4 nitrogen and oxygen atoms in total.